The highest BCUT2D eigenvalue weighted by Crippen LogP contribution is 2.16. The van der Waals surface area contributed by atoms with Crippen LogP contribution in [0.4, 0.5) is 4.39 Å². The van der Waals surface area contributed by atoms with Crippen molar-refractivity contribution >= 4 is 5.91 Å². The molecule has 1 aromatic rings. The highest BCUT2D eigenvalue weighted by molar-refractivity contribution is 5.94. The SMILES string of the molecule is CC(C)C(C)N(C)C(=O)c1cc(C#CCO)ccc1F. The molecule has 0 aliphatic carbocycles. The van der Waals surface area contributed by atoms with E-state index in [1.165, 1.54) is 23.1 Å². The Labute approximate surface area is 119 Å². The quantitative estimate of drug-likeness (QED) is 0.861. The van der Waals surface area contributed by atoms with E-state index >= 15 is 0 Å². The molecule has 1 unspecified atom stereocenters. The standard InChI is InChI=1S/C16H20FNO2/c1-11(2)12(3)18(4)16(20)14-10-13(6-5-9-19)7-8-15(14)17/h7-8,10-12,19H,9H2,1-4H3. The van der Waals surface area contributed by atoms with Crippen molar-refractivity contribution in [3.8, 4) is 11.8 Å². The van der Waals surface area contributed by atoms with Crippen LogP contribution in [0.1, 0.15) is 36.7 Å². The van der Waals surface area contributed by atoms with Gasteiger partial charge in [-0.05, 0) is 31.0 Å². The number of hydrogen-bond acceptors (Lipinski definition) is 2. The molecule has 0 heterocycles. The molecule has 108 valence electrons. The van der Waals surface area contributed by atoms with Crippen LogP contribution in [0.5, 0.6) is 0 Å². The van der Waals surface area contributed by atoms with Crippen molar-refractivity contribution in [1.82, 2.24) is 4.90 Å². The molecule has 0 bridgehead atoms. The normalized spacial score (nSPS) is 11.8. The summed E-state index contributed by atoms with van der Waals surface area (Å²) in [5, 5.41) is 8.66. The van der Waals surface area contributed by atoms with Crippen molar-refractivity contribution in [2.24, 2.45) is 5.92 Å². The number of aliphatic hydroxyl groups is 1. The molecule has 0 saturated heterocycles. The lowest BCUT2D eigenvalue weighted by atomic mass is 10.0. The number of hydrogen-bond donors (Lipinski definition) is 1. The van der Waals surface area contributed by atoms with Gasteiger partial charge in [-0.2, -0.15) is 0 Å². The van der Waals surface area contributed by atoms with Gasteiger partial charge in [-0.25, -0.2) is 4.39 Å². The number of rotatable bonds is 3. The highest BCUT2D eigenvalue weighted by atomic mass is 19.1. The van der Waals surface area contributed by atoms with Gasteiger partial charge in [-0.3, -0.25) is 4.79 Å². The summed E-state index contributed by atoms with van der Waals surface area (Å²) in [6, 6.07) is 4.14. The lowest BCUT2D eigenvalue weighted by Crippen LogP contribution is -2.38. The topological polar surface area (TPSA) is 40.5 Å². The number of benzene rings is 1. The van der Waals surface area contributed by atoms with Crippen LogP contribution in [0, 0.1) is 23.6 Å². The van der Waals surface area contributed by atoms with Gasteiger partial charge in [-0.1, -0.05) is 25.7 Å². The molecular weight excluding hydrogens is 257 g/mol. The minimum atomic E-state index is -0.563. The number of amides is 1. The predicted octanol–water partition coefficient (Wildman–Crippen LogP) is 2.29. The van der Waals surface area contributed by atoms with E-state index in [2.05, 4.69) is 11.8 Å². The highest BCUT2D eigenvalue weighted by Gasteiger charge is 2.22. The van der Waals surface area contributed by atoms with Gasteiger partial charge in [0.2, 0.25) is 0 Å². The summed E-state index contributed by atoms with van der Waals surface area (Å²) in [4.78, 5) is 13.9. The summed E-state index contributed by atoms with van der Waals surface area (Å²) < 4.78 is 13.8. The van der Waals surface area contributed by atoms with Crippen molar-refractivity contribution in [2.75, 3.05) is 13.7 Å². The van der Waals surface area contributed by atoms with Crippen LogP contribution in [-0.2, 0) is 0 Å². The van der Waals surface area contributed by atoms with Crippen molar-refractivity contribution in [3.63, 3.8) is 0 Å². The van der Waals surface area contributed by atoms with Crippen LogP contribution in [0.25, 0.3) is 0 Å². The maximum absolute atomic E-state index is 13.8. The molecule has 0 saturated carbocycles. The van der Waals surface area contributed by atoms with Crippen LogP contribution in [0.2, 0.25) is 0 Å². The zero-order valence-electron chi connectivity index (χ0n) is 12.3. The van der Waals surface area contributed by atoms with E-state index < -0.39 is 5.82 Å². The lowest BCUT2D eigenvalue weighted by molar-refractivity contribution is 0.0702. The first-order valence-electron chi connectivity index (χ1n) is 6.55. The molecule has 20 heavy (non-hydrogen) atoms. The number of carbonyl (C=O) groups excluding carboxylic acids is 1. The van der Waals surface area contributed by atoms with E-state index in [1.807, 2.05) is 20.8 Å². The largest absolute Gasteiger partial charge is 0.384 e. The van der Waals surface area contributed by atoms with Gasteiger partial charge in [0.25, 0.3) is 5.91 Å². The molecule has 1 amide bonds. The Hall–Kier alpha value is -1.86. The van der Waals surface area contributed by atoms with E-state index in [-0.39, 0.29) is 30.0 Å². The minimum Gasteiger partial charge on any atom is -0.384 e. The third-order valence-corrected chi connectivity index (χ3v) is 3.40. The van der Waals surface area contributed by atoms with E-state index in [0.29, 0.717) is 5.56 Å². The molecule has 0 aliphatic heterocycles. The van der Waals surface area contributed by atoms with Crippen LogP contribution in [0.3, 0.4) is 0 Å². The second-order valence-corrected chi connectivity index (χ2v) is 5.06. The summed E-state index contributed by atoms with van der Waals surface area (Å²) in [6.07, 6.45) is 0. The molecule has 3 nitrogen and oxygen atoms in total. The van der Waals surface area contributed by atoms with Gasteiger partial charge in [0.1, 0.15) is 12.4 Å². The molecule has 0 fully saturated rings. The minimum absolute atomic E-state index is 0.00439. The zero-order chi connectivity index (χ0) is 15.3. The fraction of sp³-hybridized carbons (Fsp3) is 0.438. The molecule has 0 radical (unpaired) electrons. The monoisotopic (exact) mass is 277 g/mol. The van der Waals surface area contributed by atoms with Gasteiger partial charge in [0, 0.05) is 18.7 Å². The first-order valence-corrected chi connectivity index (χ1v) is 6.55. The number of aliphatic hydroxyl groups excluding tert-OH is 1. The first kappa shape index (κ1) is 16.2. The summed E-state index contributed by atoms with van der Waals surface area (Å²) in [6.45, 7) is 5.67. The molecule has 4 heteroatoms. The Morgan fingerprint density at radius 1 is 1.40 bits per heavy atom. The van der Waals surface area contributed by atoms with Crippen LogP contribution >= 0.6 is 0 Å². The zero-order valence-corrected chi connectivity index (χ0v) is 12.3. The molecule has 0 spiro atoms. The van der Waals surface area contributed by atoms with E-state index in [0.717, 1.165) is 0 Å². The molecular formula is C16H20FNO2. The van der Waals surface area contributed by atoms with Crippen molar-refractivity contribution in [2.45, 2.75) is 26.8 Å². The fourth-order valence-corrected chi connectivity index (χ4v) is 1.73. The Morgan fingerprint density at radius 3 is 2.60 bits per heavy atom. The number of nitrogens with zero attached hydrogens (tertiary/aromatic N) is 1. The number of carbonyl (C=O) groups is 1. The van der Waals surface area contributed by atoms with Gasteiger partial charge >= 0.3 is 0 Å². The Kier molecular flexibility index (Phi) is 5.72. The first-order chi connectivity index (χ1) is 9.38. The summed E-state index contributed by atoms with van der Waals surface area (Å²) in [5.41, 5.74) is 0.513. The number of halogens is 1. The Bertz CT molecular complexity index is 543. The van der Waals surface area contributed by atoms with Crippen molar-refractivity contribution < 1.29 is 14.3 Å². The second kappa shape index (κ2) is 7.06. The molecule has 0 aromatic heterocycles. The van der Waals surface area contributed by atoms with Crippen molar-refractivity contribution in [3.05, 3.63) is 35.1 Å². The molecule has 1 atom stereocenters. The van der Waals surface area contributed by atoms with Gasteiger partial charge < -0.3 is 10.0 Å². The average molecular weight is 277 g/mol. The maximum atomic E-state index is 13.8. The Balaban J connectivity index is 3.09. The Morgan fingerprint density at radius 2 is 2.05 bits per heavy atom. The van der Waals surface area contributed by atoms with Gasteiger partial charge in [0.05, 0.1) is 5.56 Å². The average Bonchev–Trinajstić information content (AvgIpc) is 2.43. The van der Waals surface area contributed by atoms with E-state index in [4.69, 9.17) is 5.11 Å². The van der Waals surface area contributed by atoms with Crippen molar-refractivity contribution in [1.29, 1.82) is 0 Å². The summed E-state index contributed by atoms with van der Waals surface area (Å²) in [7, 11) is 1.67. The summed E-state index contributed by atoms with van der Waals surface area (Å²) >= 11 is 0. The van der Waals surface area contributed by atoms with Crippen LogP contribution in [0.15, 0.2) is 18.2 Å². The third kappa shape index (κ3) is 3.82. The lowest BCUT2D eigenvalue weighted by Gasteiger charge is -2.28. The van der Waals surface area contributed by atoms with E-state index in [1.54, 1.807) is 7.05 Å². The van der Waals surface area contributed by atoms with Gasteiger partial charge in [0.15, 0.2) is 0 Å². The molecule has 1 rings (SSSR count). The molecule has 0 aliphatic rings. The van der Waals surface area contributed by atoms with Crippen LogP contribution in [-0.4, -0.2) is 35.6 Å². The fourth-order valence-electron chi connectivity index (χ4n) is 1.73. The van der Waals surface area contributed by atoms with E-state index in [9.17, 15) is 9.18 Å². The smallest absolute Gasteiger partial charge is 0.256 e. The third-order valence-electron chi connectivity index (χ3n) is 3.40. The second-order valence-electron chi connectivity index (χ2n) is 5.06. The molecule has 1 aromatic carbocycles. The summed E-state index contributed by atoms with van der Waals surface area (Å²) in [5.74, 6) is 4.50. The van der Waals surface area contributed by atoms with Gasteiger partial charge in [-0.15, -0.1) is 0 Å². The predicted molar refractivity (Wildman–Crippen MR) is 76.8 cm³/mol. The molecule has 1 N–H and O–H groups in total. The van der Waals surface area contributed by atoms with Crippen LogP contribution < -0.4 is 0 Å². The maximum Gasteiger partial charge on any atom is 0.256 e.